The van der Waals surface area contributed by atoms with Crippen molar-refractivity contribution in [2.24, 2.45) is 5.41 Å². The number of methoxy groups -OCH3 is 1. The van der Waals surface area contributed by atoms with Crippen LogP contribution in [-0.2, 0) is 9.53 Å². The number of carbonyl (C=O) groups excluding carboxylic acids is 1. The Balaban J connectivity index is 1.73. The molecule has 29 heavy (non-hydrogen) atoms. The second-order valence-corrected chi connectivity index (χ2v) is 8.96. The Kier molecular flexibility index (Phi) is 5.30. The van der Waals surface area contributed by atoms with Gasteiger partial charge in [0.05, 0.1) is 11.7 Å². The molecule has 0 radical (unpaired) electrons. The number of benzene rings is 2. The molecule has 3 nitrogen and oxygen atoms in total. The summed E-state index contributed by atoms with van der Waals surface area (Å²) in [6.45, 7) is 4.05. The topological polar surface area (TPSA) is 46.5 Å². The van der Waals surface area contributed by atoms with Gasteiger partial charge < -0.3 is 9.84 Å². The molecule has 1 saturated carbocycles. The molecule has 0 saturated heterocycles. The van der Waals surface area contributed by atoms with E-state index in [1.807, 2.05) is 44.2 Å². The van der Waals surface area contributed by atoms with Crippen LogP contribution in [-0.4, -0.2) is 24.1 Å². The van der Waals surface area contributed by atoms with Gasteiger partial charge in [0.2, 0.25) is 0 Å². The number of aliphatic hydroxyl groups is 1. The molecule has 2 aromatic rings. The van der Waals surface area contributed by atoms with E-state index in [4.69, 9.17) is 16.3 Å². The van der Waals surface area contributed by atoms with Crippen LogP contribution in [0.2, 0.25) is 5.02 Å². The van der Waals surface area contributed by atoms with E-state index in [2.05, 4.69) is 6.07 Å². The SMILES string of the molecule is COC1CCC2(CC1)CC(=O)C(c1cc(C)c(-c3ccc(Cl)cc3)cc1C)=C2O. The summed E-state index contributed by atoms with van der Waals surface area (Å²) in [6.07, 6.45) is 4.00. The van der Waals surface area contributed by atoms with Crippen LogP contribution in [0.1, 0.15) is 48.8 Å². The lowest BCUT2D eigenvalue weighted by Gasteiger charge is -2.36. The molecule has 0 bridgehead atoms. The number of ketones is 1. The molecule has 2 aliphatic carbocycles. The molecule has 1 spiro atoms. The molecule has 1 fully saturated rings. The van der Waals surface area contributed by atoms with Crippen molar-refractivity contribution >= 4 is 23.0 Å². The lowest BCUT2D eigenvalue weighted by molar-refractivity contribution is -0.115. The van der Waals surface area contributed by atoms with Crippen LogP contribution in [0.4, 0.5) is 0 Å². The first-order chi connectivity index (χ1) is 13.8. The van der Waals surface area contributed by atoms with Gasteiger partial charge in [-0.2, -0.15) is 0 Å². The van der Waals surface area contributed by atoms with Crippen LogP contribution < -0.4 is 0 Å². The van der Waals surface area contributed by atoms with Crippen LogP contribution >= 0.6 is 11.6 Å². The highest BCUT2D eigenvalue weighted by Crippen LogP contribution is 2.53. The standard InChI is InChI=1S/C25H27ClO3/c1-15-13-21(16(2)12-20(15)17-4-6-18(26)7-5-17)23-22(27)14-25(24(23)28)10-8-19(29-3)9-11-25/h4-7,12-13,19,28H,8-11,14H2,1-3H3. The molecule has 4 rings (SSSR count). The van der Waals surface area contributed by atoms with Crippen molar-refractivity contribution in [2.75, 3.05) is 7.11 Å². The number of Topliss-reactive ketones (excluding diaryl/α,β-unsaturated/α-hetero) is 1. The fraction of sp³-hybridized carbons (Fsp3) is 0.400. The average Bonchev–Trinajstić information content (AvgIpc) is 2.94. The van der Waals surface area contributed by atoms with Crippen LogP contribution in [0.25, 0.3) is 16.7 Å². The Labute approximate surface area is 177 Å². The van der Waals surface area contributed by atoms with E-state index in [0.717, 1.165) is 53.5 Å². The number of hydrogen-bond donors (Lipinski definition) is 1. The summed E-state index contributed by atoms with van der Waals surface area (Å²) >= 11 is 6.02. The zero-order valence-corrected chi connectivity index (χ0v) is 18.0. The predicted octanol–water partition coefficient (Wildman–Crippen LogP) is 6.44. The van der Waals surface area contributed by atoms with Crippen molar-refractivity contribution in [1.29, 1.82) is 0 Å². The maximum absolute atomic E-state index is 13.0. The van der Waals surface area contributed by atoms with Crippen molar-refractivity contribution in [2.45, 2.75) is 52.1 Å². The van der Waals surface area contributed by atoms with Crippen LogP contribution in [0.3, 0.4) is 0 Å². The normalized spacial score (nSPS) is 24.6. The number of hydrogen-bond acceptors (Lipinski definition) is 3. The van der Waals surface area contributed by atoms with Gasteiger partial charge in [0.25, 0.3) is 0 Å². The molecule has 0 amide bonds. The van der Waals surface area contributed by atoms with Crippen LogP contribution in [0, 0.1) is 19.3 Å². The van der Waals surface area contributed by atoms with Gasteiger partial charge in [-0.25, -0.2) is 0 Å². The van der Waals surface area contributed by atoms with Crippen molar-refractivity contribution in [3.8, 4) is 11.1 Å². The number of carbonyl (C=O) groups is 1. The molecule has 0 aromatic heterocycles. The highest BCUT2D eigenvalue weighted by atomic mass is 35.5. The zero-order chi connectivity index (χ0) is 20.8. The summed E-state index contributed by atoms with van der Waals surface area (Å²) in [7, 11) is 1.73. The summed E-state index contributed by atoms with van der Waals surface area (Å²) in [5.41, 5.74) is 5.24. The number of aliphatic hydroxyl groups excluding tert-OH is 1. The fourth-order valence-electron chi connectivity index (χ4n) is 4.97. The smallest absolute Gasteiger partial charge is 0.167 e. The fourth-order valence-corrected chi connectivity index (χ4v) is 5.10. The van der Waals surface area contributed by atoms with Gasteiger partial charge in [0, 0.05) is 24.0 Å². The maximum atomic E-state index is 13.0. The summed E-state index contributed by atoms with van der Waals surface area (Å²) in [6, 6.07) is 11.9. The first kappa shape index (κ1) is 20.2. The van der Waals surface area contributed by atoms with E-state index < -0.39 is 5.41 Å². The number of aryl methyl sites for hydroxylation is 2. The van der Waals surface area contributed by atoms with Crippen molar-refractivity contribution in [1.82, 2.24) is 0 Å². The molecule has 2 aromatic carbocycles. The number of allylic oxidation sites excluding steroid dienone is 2. The Bertz CT molecular complexity index is 980. The van der Waals surface area contributed by atoms with Gasteiger partial charge >= 0.3 is 0 Å². The van der Waals surface area contributed by atoms with E-state index in [-0.39, 0.29) is 11.9 Å². The molecule has 2 aliphatic rings. The van der Waals surface area contributed by atoms with E-state index in [1.165, 1.54) is 0 Å². The van der Waals surface area contributed by atoms with Crippen LogP contribution in [0.5, 0.6) is 0 Å². The first-order valence-corrected chi connectivity index (χ1v) is 10.6. The largest absolute Gasteiger partial charge is 0.511 e. The second kappa shape index (κ2) is 7.62. The summed E-state index contributed by atoms with van der Waals surface area (Å²) in [5.74, 6) is 0.346. The number of rotatable bonds is 3. The van der Waals surface area contributed by atoms with Gasteiger partial charge in [-0.1, -0.05) is 35.9 Å². The maximum Gasteiger partial charge on any atom is 0.167 e. The Morgan fingerprint density at radius 1 is 1.03 bits per heavy atom. The highest BCUT2D eigenvalue weighted by Gasteiger charge is 2.48. The Morgan fingerprint density at radius 2 is 1.62 bits per heavy atom. The Hall–Kier alpha value is -2.10. The van der Waals surface area contributed by atoms with Gasteiger partial charge in [-0.05, 0) is 79.5 Å². The minimum Gasteiger partial charge on any atom is -0.511 e. The summed E-state index contributed by atoms with van der Waals surface area (Å²) < 4.78 is 5.47. The molecule has 1 N–H and O–H groups in total. The molecule has 0 aliphatic heterocycles. The predicted molar refractivity (Wildman–Crippen MR) is 117 cm³/mol. The molecular weight excluding hydrogens is 384 g/mol. The van der Waals surface area contributed by atoms with Crippen LogP contribution in [0.15, 0.2) is 42.2 Å². The van der Waals surface area contributed by atoms with Gasteiger partial charge in [0.15, 0.2) is 5.78 Å². The van der Waals surface area contributed by atoms with E-state index in [9.17, 15) is 9.90 Å². The first-order valence-electron chi connectivity index (χ1n) is 10.2. The quantitative estimate of drug-likeness (QED) is 0.633. The molecule has 0 heterocycles. The third-order valence-electron chi connectivity index (χ3n) is 6.74. The lowest BCUT2D eigenvalue weighted by atomic mass is 9.71. The third kappa shape index (κ3) is 3.51. The zero-order valence-electron chi connectivity index (χ0n) is 17.2. The minimum atomic E-state index is -0.406. The summed E-state index contributed by atoms with van der Waals surface area (Å²) in [5, 5.41) is 11.9. The Morgan fingerprint density at radius 3 is 2.24 bits per heavy atom. The molecule has 0 atom stereocenters. The van der Waals surface area contributed by atoms with Crippen molar-refractivity contribution in [3.63, 3.8) is 0 Å². The van der Waals surface area contributed by atoms with Crippen molar-refractivity contribution in [3.05, 3.63) is 63.9 Å². The second-order valence-electron chi connectivity index (χ2n) is 8.53. The summed E-state index contributed by atoms with van der Waals surface area (Å²) in [4.78, 5) is 13.0. The van der Waals surface area contributed by atoms with E-state index in [0.29, 0.717) is 22.8 Å². The van der Waals surface area contributed by atoms with Gasteiger partial charge in [-0.3, -0.25) is 4.79 Å². The van der Waals surface area contributed by atoms with E-state index in [1.54, 1.807) is 7.11 Å². The molecule has 0 unspecified atom stereocenters. The molecule has 4 heteroatoms. The van der Waals surface area contributed by atoms with E-state index >= 15 is 0 Å². The average molecular weight is 411 g/mol. The lowest BCUT2D eigenvalue weighted by Crippen LogP contribution is -2.31. The van der Waals surface area contributed by atoms with Gasteiger partial charge in [0.1, 0.15) is 5.76 Å². The number of halogens is 1. The molecular formula is C25H27ClO3. The monoisotopic (exact) mass is 410 g/mol. The highest BCUT2D eigenvalue weighted by molar-refractivity contribution is 6.30. The number of ether oxygens (including phenoxy) is 1. The minimum absolute atomic E-state index is 0.0557. The van der Waals surface area contributed by atoms with Crippen molar-refractivity contribution < 1.29 is 14.6 Å². The third-order valence-corrected chi connectivity index (χ3v) is 6.99. The molecule has 152 valence electrons. The van der Waals surface area contributed by atoms with Gasteiger partial charge in [-0.15, -0.1) is 0 Å².